The van der Waals surface area contributed by atoms with Crippen LogP contribution in [0.25, 0.3) is 22.1 Å². The summed E-state index contributed by atoms with van der Waals surface area (Å²) in [6.45, 7) is 22.9. The Morgan fingerprint density at radius 1 is 0.915 bits per heavy atom. The maximum absolute atomic E-state index is 11.0. The molecule has 0 amide bonds. The van der Waals surface area contributed by atoms with Crippen LogP contribution in [-0.4, -0.2) is 57.5 Å². The fourth-order valence-corrected chi connectivity index (χ4v) is 7.64. The van der Waals surface area contributed by atoms with Gasteiger partial charge in [-0.1, -0.05) is 67.7 Å². The molecule has 0 aliphatic heterocycles. The van der Waals surface area contributed by atoms with Gasteiger partial charge in [-0.15, -0.1) is 0 Å². The van der Waals surface area contributed by atoms with Gasteiger partial charge in [0.1, 0.15) is 11.3 Å². The van der Waals surface area contributed by atoms with Gasteiger partial charge in [0, 0.05) is 33.4 Å². The van der Waals surface area contributed by atoms with E-state index >= 15 is 0 Å². The van der Waals surface area contributed by atoms with Gasteiger partial charge in [0.2, 0.25) is 0 Å². The Labute approximate surface area is 328 Å². The van der Waals surface area contributed by atoms with Gasteiger partial charge in [-0.05, 0) is 51.3 Å². The number of fused-ring (bicyclic) bond motifs is 2. The standard InChI is InChI=1S/C14H20N2O2Si.C14H20N2OSi.ClO2.2Na.HO4P.H/c1-14(2,3)19(4,5)16-7-6-10-8-11(13(17)18)9-15-12(10)16;1-14(2,3)18(4,5)16-7-6-12-8-11(10-17)9-15-13(12)16;2-1-3;;;1-4-5(2)3;/h6-9H,1-5H3,(H,17,18);6-10H,1-5H3;;;;1H;/q;;-1;2*+1;;-1. The van der Waals surface area contributed by atoms with Gasteiger partial charge in [-0.2, -0.15) is 0 Å². The van der Waals surface area contributed by atoms with Crippen LogP contribution >= 0.6 is 8.25 Å². The largest absolute Gasteiger partial charge is 1.00 e. The van der Waals surface area contributed by atoms with Crippen molar-refractivity contribution in [3.05, 3.63) is 60.2 Å². The van der Waals surface area contributed by atoms with Crippen molar-refractivity contribution in [2.24, 2.45) is 0 Å². The number of aromatic nitrogens is 4. The Bertz CT molecular complexity index is 1630. The zero-order valence-corrected chi connectivity index (χ0v) is 36.7. The molecular weight excluding hydrogens is 705 g/mol. The first-order chi connectivity index (χ1) is 20.6. The summed E-state index contributed by atoms with van der Waals surface area (Å²) in [7, 11) is -6.43. The summed E-state index contributed by atoms with van der Waals surface area (Å²) in [6, 6.07) is 7.60. The number of carbonyl (C=O) groups is 2. The smallest absolute Gasteiger partial charge is 1.00 e. The van der Waals surface area contributed by atoms with E-state index < -0.39 is 42.0 Å². The predicted octanol–water partition coefficient (Wildman–Crippen LogP) is -1.47. The first-order valence-corrected chi connectivity index (χ1v) is 21.2. The molecule has 0 aliphatic carbocycles. The fraction of sp³-hybridized carbons (Fsp3) is 0.429. The Balaban J connectivity index is -0.000000657. The van der Waals surface area contributed by atoms with Crippen LogP contribution in [0.15, 0.2) is 49.1 Å². The van der Waals surface area contributed by atoms with Crippen molar-refractivity contribution in [2.75, 3.05) is 0 Å². The van der Waals surface area contributed by atoms with Crippen molar-refractivity contribution in [1.29, 1.82) is 0 Å². The van der Waals surface area contributed by atoms with E-state index in [2.05, 4.69) is 103 Å². The Morgan fingerprint density at radius 2 is 1.28 bits per heavy atom. The second kappa shape index (κ2) is 20.1. The van der Waals surface area contributed by atoms with Crippen LogP contribution in [0.1, 0.15) is 63.7 Å². The molecule has 4 rings (SSSR count). The molecule has 0 fully saturated rings. The number of hydrogen-bond acceptors (Lipinski definition) is 10. The number of pyridine rings is 2. The van der Waals surface area contributed by atoms with Crippen molar-refractivity contribution >= 4 is 59.0 Å². The van der Waals surface area contributed by atoms with Crippen LogP contribution < -0.4 is 73.3 Å². The van der Waals surface area contributed by atoms with Gasteiger partial charge < -0.3 is 29.2 Å². The SMILES string of the molecule is CC(C)(C)[Si](C)(C)n1ccc2cc(C(=O)O)cnc21.CC(C)(C)[Si](C)(C)n1ccc2cc(C=O)cnc21.O=[P+]([O-])OO.[H-].[Na+].[Na+].[O-][Cl+][O-]. The van der Waals surface area contributed by atoms with Crippen LogP contribution in [0, 0.1) is 11.3 Å². The number of halogens is 1. The third kappa shape index (κ3) is 12.8. The molecular formula is C28H42ClN4Na2O9PSi2. The fourth-order valence-electron chi connectivity index (χ4n) is 3.87. The van der Waals surface area contributed by atoms with Gasteiger partial charge in [-0.3, -0.25) is 4.79 Å². The second-order valence-electron chi connectivity index (χ2n) is 13.1. The Hall–Kier alpha value is -0.856. The van der Waals surface area contributed by atoms with Gasteiger partial charge in [0.05, 0.1) is 16.9 Å². The summed E-state index contributed by atoms with van der Waals surface area (Å²) >= 11 is -0.417. The number of carbonyl (C=O) groups excluding carboxylic acids is 1. The number of aldehydes is 1. The molecule has 0 radical (unpaired) electrons. The predicted molar refractivity (Wildman–Crippen MR) is 169 cm³/mol. The van der Waals surface area contributed by atoms with E-state index in [1.807, 2.05) is 18.3 Å². The summed E-state index contributed by atoms with van der Waals surface area (Å²) in [5.41, 5.74) is 2.75. The van der Waals surface area contributed by atoms with Gasteiger partial charge in [-0.25, -0.2) is 20.0 Å². The number of carboxylic acid groups (broad SMARTS) is 1. The molecule has 19 heteroatoms. The monoisotopic (exact) mass is 746 g/mol. The molecule has 0 aromatic carbocycles. The molecule has 0 spiro atoms. The molecule has 13 nitrogen and oxygen atoms in total. The minimum absolute atomic E-state index is 0. The number of rotatable bonds is 5. The molecule has 4 heterocycles. The molecule has 0 saturated heterocycles. The maximum Gasteiger partial charge on any atom is 1.00 e. The topological polar surface area (TPSA) is 206 Å². The summed E-state index contributed by atoms with van der Waals surface area (Å²) in [5.74, 6) is -0.936. The van der Waals surface area contributed by atoms with E-state index in [9.17, 15) is 9.59 Å². The zero-order chi connectivity index (χ0) is 35.0. The maximum atomic E-state index is 11.0. The number of hydrogen-bond donors (Lipinski definition) is 2. The minimum atomic E-state index is -3.04. The quantitative estimate of drug-likeness (QED) is 0.0793. The van der Waals surface area contributed by atoms with Crippen LogP contribution in [-0.2, 0) is 9.24 Å². The third-order valence-corrected chi connectivity index (χ3v) is 19.0. The van der Waals surface area contributed by atoms with E-state index in [4.69, 9.17) is 29.1 Å². The minimum Gasteiger partial charge on any atom is -1.00 e. The van der Waals surface area contributed by atoms with Gasteiger partial charge in [0.25, 0.3) is 0 Å². The molecule has 2 N–H and O–H groups in total. The van der Waals surface area contributed by atoms with Crippen LogP contribution in [0.3, 0.4) is 0 Å². The van der Waals surface area contributed by atoms with Crippen molar-refractivity contribution in [1.82, 2.24) is 18.4 Å². The van der Waals surface area contributed by atoms with E-state index in [0.29, 0.717) is 5.56 Å². The summed E-state index contributed by atoms with van der Waals surface area (Å²) in [5, 5.41) is 18.4. The molecule has 4 aromatic heterocycles. The van der Waals surface area contributed by atoms with E-state index in [-0.39, 0.29) is 76.2 Å². The number of nitrogens with zero attached hydrogens (tertiary/aromatic N) is 4. The second-order valence-corrected chi connectivity index (χ2v) is 24.0. The average molecular weight is 747 g/mol. The average Bonchev–Trinajstić information content (AvgIpc) is 3.57. The van der Waals surface area contributed by atoms with Crippen molar-refractivity contribution in [3.63, 3.8) is 0 Å². The molecule has 1 atom stereocenters. The van der Waals surface area contributed by atoms with Crippen molar-refractivity contribution in [3.8, 4) is 0 Å². The van der Waals surface area contributed by atoms with E-state index in [1.54, 1.807) is 12.3 Å². The molecule has 47 heavy (non-hydrogen) atoms. The molecule has 0 aliphatic rings. The van der Waals surface area contributed by atoms with Crippen LogP contribution in [0.5, 0.6) is 0 Å². The molecule has 0 bridgehead atoms. The zero-order valence-electron chi connectivity index (χ0n) is 30.1. The summed E-state index contributed by atoms with van der Waals surface area (Å²) in [6.07, 6.45) is 8.09. The van der Waals surface area contributed by atoms with E-state index in [0.717, 1.165) is 28.4 Å². The summed E-state index contributed by atoms with van der Waals surface area (Å²) in [4.78, 5) is 39.5. The van der Waals surface area contributed by atoms with Gasteiger partial charge in [0.15, 0.2) is 22.8 Å². The molecule has 250 valence electrons. The first kappa shape index (κ1) is 48.3. The van der Waals surface area contributed by atoms with Crippen molar-refractivity contribution < 1.29 is 115 Å². The van der Waals surface area contributed by atoms with Crippen LogP contribution in [0.4, 0.5) is 0 Å². The third-order valence-electron chi connectivity index (χ3n) is 8.40. The normalized spacial score (nSPS) is 11.7. The molecule has 0 saturated carbocycles. The van der Waals surface area contributed by atoms with Crippen molar-refractivity contribution in [2.45, 2.75) is 77.8 Å². The van der Waals surface area contributed by atoms with Gasteiger partial charge >= 0.3 is 73.3 Å². The number of carboxylic acids is 1. The van der Waals surface area contributed by atoms with Crippen LogP contribution in [0.2, 0.25) is 36.3 Å². The number of aromatic carboxylic acids is 1. The molecule has 4 aromatic rings. The summed E-state index contributed by atoms with van der Waals surface area (Å²) < 4.78 is 32.7. The Kier molecular flexibility index (Phi) is 20.6. The Morgan fingerprint density at radius 3 is 1.60 bits per heavy atom. The first-order valence-electron chi connectivity index (χ1n) is 13.6. The van der Waals surface area contributed by atoms with E-state index in [1.165, 1.54) is 6.20 Å². The molecule has 1 unspecified atom stereocenters.